The van der Waals surface area contributed by atoms with Crippen molar-refractivity contribution in [2.45, 2.75) is 57.4 Å². The van der Waals surface area contributed by atoms with Gasteiger partial charge >= 0.3 is 0 Å². The van der Waals surface area contributed by atoms with Gasteiger partial charge in [-0.05, 0) is 56.3 Å². The molecular weight excluding hydrogens is 294 g/mol. The summed E-state index contributed by atoms with van der Waals surface area (Å²) in [4.78, 5) is 7.31. The number of ether oxygens (including phenoxy) is 1. The molecule has 1 aromatic heterocycles. The van der Waals surface area contributed by atoms with Crippen molar-refractivity contribution in [2.75, 3.05) is 25.2 Å². The van der Waals surface area contributed by atoms with E-state index in [-0.39, 0.29) is 0 Å². The molecule has 2 heterocycles. The topological polar surface area (TPSA) is 38.2 Å². The number of aromatic nitrogens is 2. The second kappa shape index (κ2) is 6.44. The summed E-state index contributed by atoms with van der Waals surface area (Å²) in [7, 11) is 1.74. The van der Waals surface area contributed by atoms with Gasteiger partial charge in [0.05, 0.1) is 6.61 Å². The van der Waals surface area contributed by atoms with Crippen molar-refractivity contribution in [1.82, 2.24) is 9.36 Å². The number of rotatable bonds is 6. The minimum Gasteiger partial charge on any atom is -0.384 e. The van der Waals surface area contributed by atoms with Gasteiger partial charge in [-0.2, -0.15) is 4.37 Å². The van der Waals surface area contributed by atoms with Gasteiger partial charge in [-0.1, -0.05) is 6.42 Å². The third-order valence-electron chi connectivity index (χ3n) is 6.07. The lowest BCUT2D eigenvalue weighted by atomic mass is 9.84. The fourth-order valence-electron chi connectivity index (χ4n) is 5.00. The molecule has 0 amide bonds. The first kappa shape index (κ1) is 14.9. The molecule has 122 valence electrons. The van der Waals surface area contributed by atoms with Crippen LogP contribution >= 0.6 is 11.5 Å². The third kappa shape index (κ3) is 2.90. The quantitative estimate of drug-likeness (QED) is 0.803. The van der Waals surface area contributed by atoms with E-state index in [1.807, 2.05) is 0 Å². The van der Waals surface area contributed by atoms with E-state index in [0.29, 0.717) is 12.6 Å². The maximum absolute atomic E-state index is 5.13. The first-order valence-electron chi connectivity index (χ1n) is 8.91. The number of methoxy groups -OCH3 is 1. The first-order valence-corrected chi connectivity index (χ1v) is 9.69. The van der Waals surface area contributed by atoms with E-state index in [0.717, 1.165) is 35.1 Å². The van der Waals surface area contributed by atoms with Gasteiger partial charge in [-0.25, -0.2) is 4.98 Å². The zero-order valence-electron chi connectivity index (χ0n) is 13.5. The highest BCUT2D eigenvalue weighted by Gasteiger charge is 2.41. The lowest BCUT2D eigenvalue weighted by molar-refractivity contribution is 0.201. The van der Waals surface area contributed by atoms with Crippen LogP contribution in [0, 0.1) is 17.8 Å². The van der Waals surface area contributed by atoms with Gasteiger partial charge in [0, 0.05) is 37.6 Å². The molecule has 4 rings (SSSR count). The Balaban J connectivity index is 1.39. The van der Waals surface area contributed by atoms with E-state index in [1.165, 1.54) is 51.5 Å². The minimum atomic E-state index is 0.713. The van der Waals surface area contributed by atoms with Crippen LogP contribution in [0.2, 0.25) is 0 Å². The van der Waals surface area contributed by atoms with Gasteiger partial charge in [-0.3, -0.25) is 0 Å². The Morgan fingerprint density at radius 3 is 3.00 bits per heavy atom. The zero-order valence-corrected chi connectivity index (χ0v) is 14.4. The summed E-state index contributed by atoms with van der Waals surface area (Å²) >= 11 is 1.58. The summed E-state index contributed by atoms with van der Waals surface area (Å²) in [5, 5.41) is 1.15. The average molecular weight is 321 g/mol. The van der Waals surface area contributed by atoms with Gasteiger partial charge in [-0.15, -0.1) is 0 Å². The minimum absolute atomic E-state index is 0.713. The van der Waals surface area contributed by atoms with Crippen LogP contribution in [0.15, 0.2) is 0 Å². The molecule has 4 nitrogen and oxygen atoms in total. The molecule has 3 aliphatic rings. The molecule has 2 aliphatic carbocycles. The van der Waals surface area contributed by atoms with Crippen molar-refractivity contribution in [2.24, 2.45) is 17.8 Å². The van der Waals surface area contributed by atoms with Crippen LogP contribution in [0.4, 0.5) is 5.13 Å². The Hall–Kier alpha value is -0.680. The predicted molar refractivity (Wildman–Crippen MR) is 89.4 cm³/mol. The maximum Gasteiger partial charge on any atom is 0.205 e. The molecule has 0 spiro atoms. The molecule has 4 atom stereocenters. The van der Waals surface area contributed by atoms with Gasteiger partial charge in [0.25, 0.3) is 0 Å². The van der Waals surface area contributed by atoms with Crippen molar-refractivity contribution in [3.05, 3.63) is 5.82 Å². The van der Waals surface area contributed by atoms with Crippen LogP contribution in [-0.4, -0.2) is 35.7 Å². The lowest BCUT2D eigenvalue weighted by Gasteiger charge is -2.29. The normalized spacial score (nSPS) is 34.0. The lowest BCUT2D eigenvalue weighted by Crippen LogP contribution is -2.32. The molecule has 2 bridgehead atoms. The van der Waals surface area contributed by atoms with E-state index >= 15 is 0 Å². The van der Waals surface area contributed by atoms with Crippen LogP contribution in [0.1, 0.15) is 50.8 Å². The number of anilines is 1. The Labute approximate surface area is 137 Å². The van der Waals surface area contributed by atoms with Gasteiger partial charge < -0.3 is 9.64 Å². The summed E-state index contributed by atoms with van der Waals surface area (Å²) < 4.78 is 9.64. The van der Waals surface area contributed by atoms with E-state index in [1.54, 1.807) is 18.6 Å². The Kier molecular flexibility index (Phi) is 4.36. The van der Waals surface area contributed by atoms with Crippen molar-refractivity contribution < 1.29 is 4.74 Å². The van der Waals surface area contributed by atoms with Crippen molar-refractivity contribution in [3.8, 4) is 0 Å². The van der Waals surface area contributed by atoms with Crippen LogP contribution in [0.3, 0.4) is 0 Å². The fraction of sp³-hybridized carbons (Fsp3) is 0.882. The molecule has 1 aromatic rings. The Morgan fingerprint density at radius 1 is 1.27 bits per heavy atom. The standard InChI is InChI=1S/C17H27N3OS/c1-21-8-6-16-18-17(22-19-16)20-7-2-3-15(20)11-14-10-12-4-5-13(14)9-12/h12-15H,2-11H2,1H3. The molecule has 1 saturated heterocycles. The SMILES string of the molecule is COCCc1nsc(N2CCCC2CC2CC3CCC2C3)n1. The highest BCUT2D eigenvalue weighted by atomic mass is 32.1. The van der Waals surface area contributed by atoms with Crippen molar-refractivity contribution in [1.29, 1.82) is 0 Å². The van der Waals surface area contributed by atoms with Crippen LogP contribution in [-0.2, 0) is 11.2 Å². The van der Waals surface area contributed by atoms with E-state index in [2.05, 4.69) is 9.27 Å². The average Bonchev–Trinajstić information content (AvgIpc) is 3.29. The largest absolute Gasteiger partial charge is 0.384 e. The maximum atomic E-state index is 5.13. The summed E-state index contributed by atoms with van der Waals surface area (Å²) in [6.07, 6.45) is 10.9. The molecule has 1 aliphatic heterocycles. The van der Waals surface area contributed by atoms with Crippen LogP contribution in [0.25, 0.3) is 0 Å². The predicted octanol–water partition coefficient (Wildman–Crippen LogP) is 3.52. The Morgan fingerprint density at radius 2 is 2.23 bits per heavy atom. The molecule has 0 N–H and O–H groups in total. The Bertz CT molecular complexity index is 506. The van der Waals surface area contributed by atoms with E-state index in [4.69, 9.17) is 9.72 Å². The number of hydrogen-bond acceptors (Lipinski definition) is 5. The van der Waals surface area contributed by atoms with Crippen LogP contribution < -0.4 is 4.90 Å². The molecular formula is C17H27N3OS. The third-order valence-corrected chi connectivity index (χ3v) is 6.86. The highest BCUT2D eigenvalue weighted by molar-refractivity contribution is 7.09. The van der Waals surface area contributed by atoms with Crippen molar-refractivity contribution in [3.63, 3.8) is 0 Å². The van der Waals surface area contributed by atoms with Gasteiger partial charge in [0.2, 0.25) is 5.13 Å². The monoisotopic (exact) mass is 321 g/mol. The van der Waals surface area contributed by atoms with E-state index in [9.17, 15) is 0 Å². The molecule has 4 unspecified atom stereocenters. The van der Waals surface area contributed by atoms with Crippen molar-refractivity contribution >= 4 is 16.7 Å². The van der Waals surface area contributed by atoms with Crippen LogP contribution in [0.5, 0.6) is 0 Å². The summed E-state index contributed by atoms with van der Waals surface area (Å²) in [6.45, 7) is 1.88. The molecule has 22 heavy (non-hydrogen) atoms. The first-order chi connectivity index (χ1) is 10.8. The molecule has 5 heteroatoms. The molecule has 2 saturated carbocycles. The molecule has 0 aromatic carbocycles. The molecule has 0 radical (unpaired) electrons. The second-order valence-electron chi connectivity index (χ2n) is 7.40. The number of hydrogen-bond donors (Lipinski definition) is 0. The van der Waals surface area contributed by atoms with Gasteiger partial charge in [0.15, 0.2) is 0 Å². The molecule has 3 fully saturated rings. The summed E-state index contributed by atoms with van der Waals surface area (Å²) in [5.74, 6) is 4.05. The zero-order chi connectivity index (χ0) is 14.9. The smallest absolute Gasteiger partial charge is 0.205 e. The van der Waals surface area contributed by atoms with E-state index < -0.39 is 0 Å². The summed E-state index contributed by atoms with van der Waals surface area (Å²) in [6, 6.07) is 0.715. The fourth-order valence-corrected chi connectivity index (χ4v) is 5.81. The summed E-state index contributed by atoms with van der Waals surface area (Å²) in [5.41, 5.74) is 0. The van der Waals surface area contributed by atoms with Gasteiger partial charge in [0.1, 0.15) is 5.82 Å². The second-order valence-corrected chi connectivity index (χ2v) is 8.13. The number of fused-ring (bicyclic) bond motifs is 2. The number of nitrogens with zero attached hydrogens (tertiary/aromatic N) is 3. The highest BCUT2D eigenvalue weighted by Crippen LogP contribution is 2.50.